The number of para-hydroxylation sites is 3. The number of benzene rings is 2. The van der Waals surface area contributed by atoms with Gasteiger partial charge in [0.25, 0.3) is 11.8 Å². The van der Waals surface area contributed by atoms with E-state index in [1.807, 2.05) is 11.0 Å². The number of rotatable bonds is 11. The van der Waals surface area contributed by atoms with Gasteiger partial charge in [0.05, 0.1) is 38.7 Å². The van der Waals surface area contributed by atoms with Gasteiger partial charge in [0.1, 0.15) is 17.2 Å². The third-order valence-corrected chi connectivity index (χ3v) is 5.21. The zero-order valence-electron chi connectivity index (χ0n) is 18.8. The van der Waals surface area contributed by atoms with Crippen LogP contribution in [0.15, 0.2) is 54.2 Å². The molecule has 1 aliphatic rings. The molecule has 2 amide bonds. The van der Waals surface area contributed by atoms with Gasteiger partial charge in [0.2, 0.25) is 0 Å². The number of nitrogens with zero attached hydrogens (tertiary/aromatic N) is 2. The molecule has 0 aliphatic carbocycles. The van der Waals surface area contributed by atoms with Crippen molar-refractivity contribution in [1.82, 2.24) is 4.90 Å². The molecule has 1 aliphatic heterocycles. The lowest BCUT2D eigenvalue weighted by Crippen LogP contribution is -2.37. The summed E-state index contributed by atoms with van der Waals surface area (Å²) >= 11 is 0. The average molecular weight is 440 g/mol. The SMILES string of the molecule is COCCN(CCOC)C1=C(c2ccccc2OC)C(=O)N(c2ccccc2OC)C1=O. The summed E-state index contributed by atoms with van der Waals surface area (Å²) in [5, 5.41) is 0. The lowest BCUT2D eigenvalue weighted by atomic mass is 10.0. The fraction of sp³-hybridized carbons (Fsp3) is 0.333. The summed E-state index contributed by atoms with van der Waals surface area (Å²) < 4.78 is 21.4. The first-order chi connectivity index (χ1) is 15.6. The molecular weight excluding hydrogens is 412 g/mol. The summed E-state index contributed by atoms with van der Waals surface area (Å²) in [6, 6.07) is 14.1. The molecule has 0 saturated carbocycles. The van der Waals surface area contributed by atoms with Crippen LogP contribution in [0.25, 0.3) is 5.57 Å². The van der Waals surface area contributed by atoms with Crippen LogP contribution >= 0.6 is 0 Å². The Morgan fingerprint density at radius 2 is 1.31 bits per heavy atom. The van der Waals surface area contributed by atoms with Crippen LogP contribution in [-0.2, 0) is 19.1 Å². The molecule has 0 unspecified atom stereocenters. The van der Waals surface area contributed by atoms with E-state index in [0.717, 1.165) is 4.90 Å². The Balaban J connectivity index is 2.20. The highest BCUT2D eigenvalue weighted by Gasteiger charge is 2.44. The molecule has 8 nitrogen and oxygen atoms in total. The van der Waals surface area contributed by atoms with Gasteiger partial charge >= 0.3 is 0 Å². The van der Waals surface area contributed by atoms with Crippen molar-refractivity contribution in [2.45, 2.75) is 0 Å². The second-order valence-corrected chi connectivity index (χ2v) is 7.01. The van der Waals surface area contributed by atoms with E-state index < -0.39 is 11.8 Å². The standard InChI is InChI=1S/C24H28N2O6/c1-29-15-13-25(14-16-30-2)22-21(17-9-5-7-11-19(17)31-3)23(27)26(24(22)28)18-10-6-8-12-20(18)32-4/h5-12H,13-16H2,1-4H3. The van der Waals surface area contributed by atoms with Gasteiger partial charge < -0.3 is 23.8 Å². The van der Waals surface area contributed by atoms with Crippen LogP contribution in [0.2, 0.25) is 0 Å². The maximum atomic E-state index is 13.8. The number of imide groups is 1. The Morgan fingerprint density at radius 3 is 1.91 bits per heavy atom. The molecular formula is C24H28N2O6. The van der Waals surface area contributed by atoms with Crippen LogP contribution in [0.1, 0.15) is 5.56 Å². The molecule has 32 heavy (non-hydrogen) atoms. The summed E-state index contributed by atoms with van der Waals surface area (Å²) in [6.45, 7) is 1.57. The van der Waals surface area contributed by atoms with E-state index in [-0.39, 0.29) is 11.3 Å². The first kappa shape index (κ1) is 23.3. The topological polar surface area (TPSA) is 77.5 Å². The fourth-order valence-corrected chi connectivity index (χ4v) is 3.68. The van der Waals surface area contributed by atoms with Crippen LogP contribution in [0.3, 0.4) is 0 Å². The number of carbonyl (C=O) groups excluding carboxylic acids is 2. The molecule has 0 radical (unpaired) electrons. The van der Waals surface area contributed by atoms with Crippen molar-refractivity contribution in [3.8, 4) is 11.5 Å². The molecule has 0 fully saturated rings. The van der Waals surface area contributed by atoms with Crippen molar-refractivity contribution >= 4 is 23.1 Å². The van der Waals surface area contributed by atoms with E-state index in [0.29, 0.717) is 49.1 Å². The van der Waals surface area contributed by atoms with Crippen molar-refractivity contribution in [1.29, 1.82) is 0 Å². The van der Waals surface area contributed by atoms with E-state index in [2.05, 4.69) is 0 Å². The van der Waals surface area contributed by atoms with E-state index in [4.69, 9.17) is 18.9 Å². The Bertz CT molecular complexity index is 995. The quantitative estimate of drug-likeness (QED) is 0.497. The third-order valence-electron chi connectivity index (χ3n) is 5.21. The first-order valence-electron chi connectivity index (χ1n) is 10.2. The monoisotopic (exact) mass is 440 g/mol. The minimum absolute atomic E-state index is 0.269. The molecule has 0 aromatic heterocycles. The normalized spacial score (nSPS) is 13.7. The van der Waals surface area contributed by atoms with E-state index in [9.17, 15) is 9.59 Å². The number of ether oxygens (including phenoxy) is 4. The minimum atomic E-state index is -0.446. The Labute approximate surface area is 187 Å². The summed E-state index contributed by atoms with van der Waals surface area (Å²) in [5.74, 6) is 0.0445. The molecule has 0 spiro atoms. The second-order valence-electron chi connectivity index (χ2n) is 7.01. The lowest BCUT2D eigenvalue weighted by molar-refractivity contribution is -0.120. The van der Waals surface area contributed by atoms with Gasteiger partial charge in [-0.2, -0.15) is 0 Å². The van der Waals surface area contributed by atoms with Gasteiger partial charge in [-0.1, -0.05) is 30.3 Å². The minimum Gasteiger partial charge on any atom is -0.496 e. The van der Waals surface area contributed by atoms with Gasteiger partial charge in [0.15, 0.2) is 0 Å². The largest absolute Gasteiger partial charge is 0.496 e. The van der Waals surface area contributed by atoms with E-state index in [1.165, 1.54) is 14.2 Å². The Kier molecular flexibility index (Phi) is 7.86. The van der Waals surface area contributed by atoms with Crippen molar-refractivity contribution in [2.24, 2.45) is 0 Å². The molecule has 8 heteroatoms. The van der Waals surface area contributed by atoms with Crippen molar-refractivity contribution in [3.05, 3.63) is 59.8 Å². The molecule has 0 bridgehead atoms. The molecule has 1 heterocycles. The van der Waals surface area contributed by atoms with Crippen LogP contribution in [-0.4, -0.2) is 71.5 Å². The summed E-state index contributed by atoms with van der Waals surface area (Å²) in [7, 11) is 6.22. The lowest BCUT2D eigenvalue weighted by Gasteiger charge is -2.26. The number of amides is 2. The van der Waals surface area contributed by atoms with Gasteiger partial charge in [-0.15, -0.1) is 0 Å². The third kappa shape index (κ3) is 4.46. The zero-order valence-corrected chi connectivity index (χ0v) is 18.8. The Morgan fingerprint density at radius 1 is 0.750 bits per heavy atom. The number of hydrogen-bond acceptors (Lipinski definition) is 7. The average Bonchev–Trinajstić information content (AvgIpc) is 3.08. The molecule has 2 aromatic rings. The van der Waals surface area contributed by atoms with Crippen LogP contribution in [0, 0.1) is 0 Å². The highest BCUT2D eigenvalue weighted by molar-refractivity contribution is 6.46. The summed E-state index contributed by atoms with van der Waals surface area (Å²) in [5.41, 5.74) is 1.47. The van der Waals surface area contributed by atoms with Crippen molar-refractivity contribution < 1.29 is 28.5 Å². The molecule has 3 rings (SSSR count). The number of methoxy groups -OCH3 is 4. The van der Waals surface area contributed by atoms with E-state index in [1.54, 1.807) is 56.7 Å². The molecule has 2 aromatic carbocycles. The highest BCUT2D eigenvalue weighted by Crippen LogP contribution is 2.40. The predicted octanol–water partition coefficient (Wildman–Crippen LogP) is 2.58. The van der Waals surface area contributed by atoms with Gasteiger partial charge in [-0.05, 0) is 18.2 Å². The van der Waals surface area contributed by atoms with Gasteiger partial charge in [-0.3, -0.25) is 9.59 Å². The smallest absolute Gasteiger partial charge is 0.282 e. The summed E-state index contributed by atoms with van der Waals surface area (Å²) in [4.78, 5) is 30.5. The maximum absolute atomic E-state index is 13.8. The number of carbonyl (C=O) groups is 2. The fourth-order valence-electron chi connectivity index (χ4n) is 3.68. The van der Waals surface area contributed by atoms with Crippen LogP contribution in [0.4, 0.5) is 5.69 Å². The number of hydrogen-bond donors (Lipinski definition) is 0. The van der Waals surface area contributed by atoms with Crippen molar-refractivity contribution in [2.75, 3.05) is 59.6 Å². The van der Waals surface area contributed by atoms with Crippen LogP contribution in [0.5, 0.6) is 11.5 Å². The van der Waals surface area contributed by atoms with Gasteiger partial charge in [-0.25, -0.2) is 4.90 Å². The molecule has 170 valence electrons. The first-order valence-corrected chi connectivity index (χ1v) is 10.2. The molecule has 0 saturated heterocycles. The summed E-state index contributed by atoms with van der Waals surface area (Å²) in [6.07, 6.45) is 0. The van der Waals surface area contributed by atoms with Crippen LogP contribution < -0.4 is 14.4 Å². The number of anilines is 1. The Hall–Kier alpha value is -3.36. The molecule has 0 atom stereocenters. The molecule has 0 N–H and O–H groups in total. The van der Waals surface area contributed by atoms with E-state index >= 15 is 0 Å². The second kappa shape index (κ2) is 10.8. The zero-order chi connectivity index (χ0) is 23.1. The highest BCUT2D eigenvalue weighted by atomic mass is 16.5. The maximum Gasteiger partial charge on any atom is 0.282 e. The predicted molar refractivity (Wildman–Crippen MR) is 121 cm³/mol. The van der Waals surface area contributed by atoms with Crippen molar-refractivity contribution in [3.63, 3.8) is 0 Å². The van der Waals surface area contributed by atoms with Gasteiger partial charge in [0, 0.05) is 32.9 Å².